The van der Waals surface area contributed by atoms with Crippen LogP contribution in [0.2, 0.25) is 0 Å². The van der Waals surface area contributed by atoms with Crippen molar-refractivity contribution < 1.29 is 9.53 Å². The molecule has 7 heteroatoms. The van der Waals surface area contributed by atoms with Crippen molar-refractivity contribution in [2.24, 2.45) is 0 Å². The maximum atomic E-state index is 12.0. The molecule has 1 unspecified atom stereocenters. The van der Waals surface area contributed by atoms with Crippen molar-refractivity contribution in [3.05, 3.63) is 4.88 Å². The summed E-state index contributed by atoms with van der Waals surface area (Å²) in [5.74, 6) is 0.0840. The van der Waals surface area contributed by atoms with E-state index < -0.39 is 0 Å². The molecule has 6 nitrogen and oxygen atoms in total. The van der Waals surface area contributed by atoms with E-state index in [1.165, 1.54) is 11.3 Å². The number of carbonyl (C=O) groups excluding carboxylic acids is 1. The van der Waals surface area contributed by atoms with E-state index in [-0.39, 0.29) is 17.8 Å². The molecule has 19 heavy (non-hydrogen) atoms. The normalized spacial score (nSPS) is 12.2. The maximum Gasteiger partial charge on any atom is 0.265 e. The molecule has 3 N–H and O–H groups in total. The lowest BCUT2D eigenvalue weighted by Gasteiger charge is -2.13. The van der Waals surface area contributed by atoms with E-state index in [0.29, 0.717) is 11.5 Å². The van der Waals surface area contributed by atoms with Crippen LogP contribution < -0.4 is 16.0 Å². The van der Waals surface area contributed by atoms with Gasteiger partial charge >= 0.3 is 0 Å². The number of carbonyl (C=O) groups is 1. The van der Waals surface area contributed by atoms with Crippen molar-refractivity contribution in [1.29, 1.82) is 0 Å². The largest absolute Gasteiger partial charge is 0.383 e. The molecular weight excluding hydrogens is 264 g/mol. The highest BCUT2D eigenvalue weighted by Gasteiger charge is 2.19. The highest BCUT2D eigenvalue weighted by molar-refractivity contribution is 7.18. The lowest BCUT2D eigenvalue weighted by Crippen LogP contribution is -2.35. The second-order valence-corrected chi connectivity index (χ2v) is 5.44. The second-order valence-electron chi connectivity index (χ2n) is 4.46. The topological polar surface area (TPSA) is 80.5 Å². The van der Waals surface area contributed by atoms with Crippen molar-refractivity contribution in [3.63, 3.8) is 0 Å². The minimum absolute atomic E-state index is 0.0594. The summed E-state index contributed by atoms with van der Waals surface area (Å²) in [4.78, 5) is 18.7. The van der Waals surface area contributed by atoms with Gasteiger partial charge in [-0.25, -0.2) is 4.98 Å². The van der Waals surface area contributed by atoms with Gasteiger partial charge in [-0.05, 0) is 13.3 Å². The summed E-state index contributed by atoms with van der Waals surface area (Å²) in [7, 11) is 3.54. The molecule has 0 radical (unpaired) electrons. The number of methoxy groups -OCH3 is 1. The number of aromatic nitrogens is 1. The summed E-state index contributed by atoms with van der Waals surface area (Å²) < 4.78 is 4.98. The minimum Gasteiger partial charge on any atom is -0.383 e. The number of hydrogen-bond donors (Lipinski definition) is 2. The van der Waals surface area contributed by atoms with Gasteiger partial charge in [0.25, 0.3) is 5.91 Å². The van der Waals surface area contributed by atoms with E-state index in [1.54, 1.807) is 7.11 Å². The minimum atomic E-state index is -0.198. The SMILES string of the molecule is CCCN(C)c1nc(N)c(C(=O)NC(C)COC)s1. The maximum absolute atomic E-state index is 12.0. The predicted molar refractivity (Wildman–Crippen MR) is 78.9 cm³/mol. The third-order valence-electron chi connectivity index (χ3n) is 2.53. The first-order chi connectivity index (χ1) is 8.99. The van der Waals surface area contributed by atoms with Crippen LogP contribution in [-0.2, 0) is 4.74 Å². The molecule has 0 bridgehead atoms. The quantitative estimate of drug-likeness (QED) is 0.790. The van der Waals surface area contributed by atoms with Gasteiger partial charge in [-0.3, -0.25) is 4.79 Å². The summed E-state index contributed by atoms with van der Waals surface area (Å²) in [6.07, 6.45) is 1.02. The van der Waals surface area contributed by atoms with Crippen LogP contribution in [-0.4, -0.2) is 44.2 Å². The fourth-order valence-corrected chi connectivity index (χ4v) is 2.53. The zero-order valence-electron chi connectivity index (χ0n) is 11.9. The zero-order valence-corrected chi connectivity index (χ0v) is 12.7. The smallest absolute Gasteiger partial charge is 0.265 e. The zero-order chi connectivity index (χ0) is 14.4. The first-order valence-corrected chi connectivity index (χ1v) is 7.08. The van der Waals surface area contributed by atoms with Gasteiger partial charge in [-0.2, -0.15) is 0 Å². The Labute approximate surface area is 118 Å². The number of ether oxygens (including phenoxy) is 1. The van der Waals surface area contributed by atoms with Crippen LogP contribution >= 0.6 is 11.3 Å². The fourth-order valence-electron chi connectivity index (χ4n) is 1.66. The van der Waals surface area contributed by atoms with E-state index in [1.807, 2.05) is 18.9 Å². The molecule has 108 valence electrons. The molecule has 0 spiro atoms. The molecule has 1 aromatic heterocycles. The van der Waals surface area contributed by atoms with Gasteiger partial charge in [-0.15, -0.1) is 0 Å². The number of amides is 1. The van der Waals surface area contributed by atoms with E-state index in [2.05, 4.69) is 17.2 Å². The lowest BCUT2D eigenvalue weighted by molar-refractivity contribution is 0.0910. The Bertz CT molecular complexity index is 422. The highest BCUT2D eigenvalue weighted by atomic mass is 32.1. The first-order valence-electron chi connectivity index (χ1n) is 6.26. The van der Waals surface area contributed by atoms with E-state index >= 15 is 0 Å². The second kappa shape index (κ2) is 7.30. The Morgan fingerprint density at radius 1 is 1.63 bits per heavy atom. The molecule has 0 saturated carbocycles. The predicted octanol–water partition coefficient (Wildman–Crippen LogP) is 1.34. The van der Waals surface area contributed by atoms with Crippen LogP contribution in [0.15, 0.2) is 0 Å². The summed E-state index contributed by atoms with van der Waals surface area (Å²) >= 11 is 1.31. The molecule has 0 fully saturated rings. The van der Waals surface area contributed by atoms with E-state index in [4.69, 9.17) is 10.5 Å². The molecule has 1 rings (SSSR count). The average molecular weight is 286 g/mol. The molecule has 0 saturated heterocycles. The number of hydrogen-bond acceptors (Lipinski definition) is 6. The van der Waals surface area contributed by atoms with Gasteiger partial charge < -0.3 is 20.7 Å². The average Bonchev–Trinajstić information content (AvgIpc) is 2.72. The number of nitrogens with one attached hydrogen (secondary N) is 1. The molecular formula is C12H22N4O2S. The van der Waals surface area contributed by atoms with Crippen LogP contribution in [0.25, 0.3) is 0 Å². The number of nitrogens with zero attached hydrogens (tertiary/aromatic N) is 2. The van der Waals surface area contributed by atoms with Crippen molar-refractivity contribution in [2.75, 3.05) is 37.9 Å². The summed E-state index contributed by atoms with van der Waals surface area (Å²) in [5.41, 5.74) is 5.81. The molecule has 0 aromatic carbocycles. The molecule has 1 aromatic rings. The molecule has 0 aliphatic heterocycles. The monoisotopic (exact) mass is 286 g/mol. The van der Waals surface area contributed by atoms with Crippen LogP contribution in [0.5, 0.6) is 0 Å². The standard InChI is InChI=1S/C12H22N4O2S/c1-5-6-16(3)12-15-10(13)9(19-12)11(17)14-8(2)7-18-4/h8H,5-7,13H2,1-4H3,(H,14,17). The van der Waals surface area contributed by atoms with Gasteiger partial charge in [0.2, 0.25) is 0 Å². The van der Waals surface area contributed by atoms with Crippen LogP contribution in [0.4, 0.5) is 10.9 Å². The third kappa shape index (κ3) is 4.36. The van der Waals surface area contributed by atoms with Gasteiger partial charge in [0.15, 0.2) is 5.13 Å². The van der Waals surface area contributed by atoms with Crippen molar-refractivity contribution >= 4 is 28.2 Å². The summed E-state index contributed by atoms with van der Waals surface area (Å²) in [5, 5.41) is 3.60. The first kappa shape index (κ1) is 15.7. The van der Waals surface area contributed by atoms with Crippen molar-refractivity contribution in [3.8, 4) is 0 Å². The highest BCUT2D eigenvalue weighted by Crippen LogP contribution is 2.27. The molecule has 0 aliphatic rings. The number of thiazole rings is 1. The van der Waals surface area contributed by atoms with Gasteiger partial charge in [-0.1, -0.05) is 18.3 Å². The van der Waals surface area contributed by atoms with Gasteiger partial charge in [0, 0.05) is 26.7 Å². The molecule has 1 amide bonds. The Hall–Kier alpha value is -1.34. The van der Waals surface area contributed by atoms with Crippen molar-refractivity contribution in [1.82, 2.24) is 10.3 Å². The lowest BCUT2D eigenvalue weighted by atomic mass is 10.3. The van der Waals surface area contributed by atoms with Gasteiger partial charge in [0.1, 0.15) is 10.7 Å². The Balaban J connectivity index is 2.75. The van der Waals surface area contributed by atoms with Crippen molar-refractivity contribution in [2.45, 2.75) is 26.3 Å². The van der Waals surface area contributed by atoms with E-state index in [9.17, 15) is 4.79 Å². The van der Waals surface area contributed by atoms with Crippen LogP contribution in [0.1, 0.15) is 29.9 Å². The molecule has 1 heterocycles. The Kier molecular flexibility index (Phi) is 6.04. The fraction of sp³-hybridized carbons (Fsp3) is 0.667. The number of nitrogens with two attached hydrogens (primary N) is 1. The van der Waals surface area contributed by atoms with E-state index in [0.717, 1.165) is 18.1 Å². The Morgan fingerprint density at radius 3 is 2.89 bits per heavy atom. The molecule has 1 atom stereocenters. The van der Waals surface area contributed by atoms with Crippen LogP contribution in [0.3, 0.4) is 0 Å². The molecule has 0 aliphatic carbocycles. The summed E-state index contributed by atoms with van der Waals surface area (Å²) in [6, 6.07) is -0.0594. The number of rotatable bonds is 7. The van der Waals surface area contributed by atoms with Crippen LogP contribution in [0, 0.1) is 0 Å². The number of anilines is 2. The number of nitrogen functional groups attached to an aromatic ring is 1. The summed E-state index contributed by atoms with van der Waals surface area (Å²) in [6.45, 7) is 5.32. The Morgan fingerprint density at radius 2 is 2.32 bits per heavy atom. The van der Waals surface area contributed by atoms with Gasteiger partial charge in [0.05, 0.1) is 6.61 Å². The third-order valence-corrected chi connectivity index (χ3v) is 3.71.